The number of nitrogens with zero attached hydrogens (tertiary/aromatic N) is 5. The molecule has 8 nitrogen and oxygen atoms in total. The summed E-state index contributed by atoms with van der Waals surface area (Å²) in [5.74, 6) is 0.840. The minimum absolute atomic E-state index is 0.0914. The van der Waals surface area contributed by atoms with Crippen molar-refractivity contribution in [3.63, 3.8) is 0 Å². The Balaban J connectivity index is 1.39. The quantitative estimate of drug-likeness (QED) is 0.591. The van der Waals surface area contributed by atoms with E-state index in [-0.39, 0.29) is 18.0 Å². The minimum Gasteiger partial charge on any atom is -0.406 e. The van der Waals surface area contributed by atoms with Gasteiger partial charge in [0, 0.05) is 38.6 Å². The van der Waals surface area contributed by atoms with E-state index in [9.17, 15) is 21.6 Å². The number of halogens is 3. The highest BCUT2D eigenvalue weighted by molar-refractivity contribution is 7.89. The summed E-state index contributed by atoms with van der Waals surface area (Å²) in [6.45, 7) is 1.24. The van der Waals surface area contributed by atoms with Crippen LogP contribution in [0.5, 0.6) is 5.75 Å². The number of sulfonamides is 1. The normalized spacial score (nSPS) is 15.8. The molecular weight excluding hydrogens is 435 g/mol. The first-order chi connectivity index (χ1) is 14.7. The molecule has 0 atom stereocenters. The molecule has 3 aromatic rings. The fourth-order valence-corrected chi connectivity index (χ4v) is 4.65. The van der Waals surface area contributed by atoms with Crippen molar-refractivity contribution >= 4 is 15.8 Å². The Morgan fingerprint density at radius 3 is 1.97 bits per heavy atom. The van der Waals surface area contributed by atoms with Crippen LogP contribution < -0.4 is 9.64 Å². The van der Waals surface area contributed by atoms with Crippen molar-refractivity contribution in [2.75, 3.05) is 31.1 Å². The summed E-state index contributed by atoms with van der Waals surface area (Å²) in [6.07, 6.45) is -1.12. The number of rotatable bonds is 5. The summed E-state index contributed by atoms with van der Waals surface area (Å²) >= 11 is 0. The van der Waals surface area contributed by atoms with E-state index in [1.165, 1.54) is 4.31 Å². The number of hydrogen-bond donors (Lipinski definition) is 0. The fraction of sp³-hybridized carbons (Fsp3) is 0.263. The average molecular weight is 453 g/mol. The Bertz CT molecular complexity index is 1110. The van der Waals surface area contributed by atoms with Crippen LogP contribution in [0.15, 0.2) is 65.8 Å². The highest BCUT2D eigenvalue weighted by Gasteiger charge is 2.32. The molecule has 0 N–H and O–H groups in total. The molecule has 0 amide bonds. The van der Waals surface area contributed by atoms with Crippen molar-refractivity contribution < 1.29 is 26.3 Å². The van der Waals surface area contributed by atoms with Crippen molar-refractivity contribution in [3.05, 3.63) is 60.9 Å². The lowest BCUT2D eigenvalue weighted by Crippen LogP contribution is -2.49. The maximum absolute atomic E-state index is 12.8. The van der Waals surface area contributed by atoms with Gasteiger partial charge in [-0.1, -0.05) is 0 Å². The molecule has 1 aliphatic rings. The van der Waals surface area contributed by atoms with E-state index >= 15 is 0 Å². The monoisotopic (exact) mass is 453 g/mol. The zero-order chi connectivity index (χ0) is 22.1. The van der Waals surface area contributed by atoms with Crippen LogP contribution in [0.4, 0.5) is 19.0 Å². The van der Waals surface area contributed by atoms with Crippen LogP contribution in [0.3, 0.4) is 0 Å². The van der Waals surface area contributed by atoms with E-state index in [1.807, 2.05) is 46.1 Å². The molecule has 4 rings (SSSR count). The SMILES string of the molecule is O=S(=O)(c1ccc(OC(F)(F)F)cc1)N1CCN(c2ccc(-n3cccc3)nn2)CC1. The van der Waals surface area contributed by atoms with Gasteiger partial charge in [0.25, 0.3) is 0 Å². The molecule has 12 heteroatoms. The van der Waals surface area contributed by atoms with Gasteiger partial charge in [-0.05, 0) is 48.5 Å². The summed E-state index contributed by atoms with van der Waals surface area (Å²) in [5, 5.41) is 8.42. The third-order valence-corrected chi connectivity index (χ3v) is 6.68. The predicted molar refractivity (Wildman–Crippen MR) is 105 cm³/mol. The highest BCUT2D eigenvalue weighted by Crippen LogP contribution is 2.26. The lowest BCUT2D eigenvalue weighted by molar-refractivity contribution is -0.274. The molecule has 3 heterocycles. The van der Waals surface area contributed by atoms with E-state index in [2.05, 4.69) is 14.9 Å². The van der Waals surface area contributed by atoms with Gasteiger partial charge >= 0.3 is 6.36 Å². The molecule has 164 valence electrons. The van der Waals surface area contributed by atoms with Crippen LogP contribution in [-0.4, -0.2) is 60.0 Å². The molecule has 0 unspecified atom stereocenters. The van der Waals surface area contributed by atoms with Crippen LogP contribution in [-0.2, 0) is 10.0 Å². The third kappa shape index (κ3) is 4.80. The van der Waals surface area contributed by atoms with Crippen LogP contribution in [0.1, 0.15) is 0 Å². The van der Waals surface area contributed by atoms with Crippen LogP contribution in [0.25, 0.3) is 5.82 Å². The van der Waals surface area contributed by atoms with Gasteiger partial charge in [0.05, 0.1) is 4.90 Å². The second kappa shape index (κ2) is 8.19. The van der Waals surface area contributed by atoms with Crippen molar-refractivity contribution in [1.29, 1.82) is 0 Å². The van der Waals surface area contributed by atoms with Crippen molar-refractivity contribution in [1.82, 2.24) is 19.1 Å². The first-order valence-electron chi connectivity index (χ1n) is 9.30. The van der Waals surface area contributed by atoms with Gasteiger partial charge in [0.15, 0.2) is 11.6 Å². The zero-order valence-electron chi connectivity index (χ0n) is 16.1. The lowest BCUT2D eigenvalue weighted by atomic mass is 10.3. The Morgan fingerprint density at radius 2 is 1.42 bits per heavy atom. The first kappa shape index (κ1) is 21.1. The molecule has 1 fully saturated rings. The van der Waals surface area contributed by atoms with Crippen molar-refractivity contribution in [2.24, 2.45) is 0 Å². The molecule has 0 bridgehead atoms. The van der Waals surface area contributed by atoms with Gasteiger partial charge in [-0.3, -0.25) is 0 Å². The fourth-order valence-electron chi connectivity index (χ4n) is 3.23. The van der Waals surface area contributed by atoms with Crippen LogP contribution >= 0.6 is 0 Å². The van der Waals surface area contributed by atoms with E-state index in [0.29, 0.717) is 24.7 Å². The van der Waals surface area contributed by atoms with Crippen LogP contribution in [0, 0.1) is 0 Å². The summed E-state index contributed by atoms with van der Waals surface area (Å²) in [7, 11) is -3.83. The molecule has 1 saturated heterocycles. The largest absolute Gasteiger partial charge is 0.573 e. The lowest BCUT2D eigenvalue weighted by Gasteiger charge is -2.34. The summed E-state index contributed by atoms with van der Waals surface area (Å²) in [4.78, 5) is 1.84. The molecule has 0 radical (unpaired) electrons. The van der Waals surface area contributed by atoms with E-state index in [1.54, 1.807) is 0 Å². The number of piperazine rings is 1. The minimum atomic E-state index is -4.83. The molecule has 2 aromatic heterocycles. The molecule has 31 heavy (non-hydrogen) atoms. The Labute approximate surface area is 176 Å². The highest BCUT2D eigenvalue weighted by atomic mass is 32.2. The number of alkyl halides is 3. The van der Waals surface area contributed by atoms with Gasteiger partial charge in [0.2, 0.25) is 10.0 Å². The van der Waals surface area contributed by atoms with Gasteiger partial charge in [-0.2, -0.15) is 4.31 Å². The Morgan fingerprint density at radius 1 is 0.839 bits per heavy atom. The molecular formula is C19H18F3N5O3S. The molecule has 1 aliphatic heterocycles. The average Bonchev–Trinajstić information content (AvgIpc) is 3.28. The Kier molecular flexibility index (Phi) is 5.58. The summed E-state index contributed by atoms with van der Waals surface area (Å²) in [6, 6.07) is 11.6. The van der Waals surface area contributed by atoms with Gasteiger partial charge in [-0.15, -0.1) is 23.4 Å². The van der Waals surface area contributed by atoms with Crippen molar-refractivity contribution in [3.8, 4) is 11.6 Å². The Hall–Kier alpha value is -3.12. The zero-order valence-corrected chi connectivity index (χ0v) is 16.9. The summed E-state index contributed by atoms with van der Waals surface area (Å²) < 4.78 is 69.4. The number of hydrogen-bond acceptors (Lipinski definition) is 6. The first-order valence-corrected chi connectivity index (χ1v) is 10.7. The molecule has 1 aromatic carbocycles. The van der Waals surface area contributed by atoms with Crippen LogP contribution in [0.2, 0.25) is 0 Å². The van der Waals surface area contributed by atoms with E-state index in [0.717, 1.165) is 24.3 Å². The number of benzene rings is 1. The number of aromatic nitrogens is 3. The third-order valence-electron chi connectivity index (χ3n) is 4.76. The predicted octanol–water partition coefficient (Wildman–Crippen LogP) is 2.68. The van der Waals surface area contributed by atoms with Gasteiger partial charge in [0.1, 0.15) is 5.75 Å². The smallest absolute Gasteiger partial charge is 0.406 e. The molecule has 0 aliphatic carbocycles. The van der Waals surface area contributed by atoms with Crippen molar-refractivity contribution in [2.45, 2.75) is 11.3 Å². The van der Waals surface area contributed by atoms with E-state index < -0.39 is 22.1 Å². The second-order valence-electron chi connectivity index (χ2n) is 6.75. The molecule has 0 spiro atoms. The topological polar surface area (TPSA) is 80.6 Å². The van der Waals surface area contributed by atoms with Gasteiger partial charge < -0.3 is 14.2 Å². The van der Waals surface area contributed by atoms with E-state index in [4.69, 9.17) is 0 Å². The number of anilines is 1. The maximum Gasteiger partial charge on any atom is 0.573 e. The second-order valence-corrected chi connectivity index (χ2v) is 8.69. The number of ether oxygens (including phenoxy) is 1. The van der Waals surface area contributed by atoms with Gasteiger partial charge in [-0.25, -0.2) is 8.42 Å². The summed E-state index contributed by atoms with van der Waals surface area (Å²) in [5.41, 5.74) is 0. The molecule has 0 saturated carbocycles. The standard InChI is InChI=1S/C19H18F3N5O3S/c20-19(21,22)30-15-3-5-16(6-4-15)31(28,29)27-13-11-26(12-14-27)18-8-7-17(23-24-18)25-9-1-2-10-25/h1-10H,11-14H2. The maximum atomic E-state index is 12.8.